The average Bonchev–Trinajstić information content (AvgIpc) is 2.47. The molecule has 1 amide bonds. The maximum absolute atomic E-state index is 13.6. The molecule has 0 aliphatic carbocycles. The Labute approximate surface area is 125 Å². The summed E-state index contributed by atoms with van der Waals surface area (Å²) >= 11 is 0. The van der Waals surface area contributed by atoms with Crippen LogP contribution < -0.4 is 10.6 Å². The van der Waals surface area contributed by atoms with Gasteiger partial charge in [0, 0.05) is 17.9 Å². The zero-order valence-electron chi connectivity index (χ0n) is 12.0. The van der Waals surface area contributed by atoms with Gasteiger partial charge in [0.25, 0.3) is 5.91 Å². The zero-order chi connectivity index (χ0) is 16.3. The molecule has 0 radical (unpaired) electrons. The minimum Gasteiger partial charge on any atom is -0.353 e. The molecule has 2 aromatic rings. The van der Waals surface area contributed by atoms with E-state index in [9.17, 15) is 18.0 Å². The summed E-state index contributed by atoms with van der Waals surface area (Å²) in [6, 6.07) is 4.69. The maximum Gasteiger partial charge on any atom is 0.270 e. The molecule has 0 atom stereocenters. The van der Waals surface area contributed by atoms with Crippen LogP contribution in [0.4, 0.5) is 24.5 Å². The van der Waals surface area contributed by atoms with Crippen LogP contribution in [0.2, 0.25) is 0 Å². The van der Waals surface area contributed by atoms with E-state index >= 15 is 0 Å². The van der Waals surface area contributed by atoms with Gasteiger partial charge in [0.1, 0.15) is 5.69 Å². The molecule has 0 aliphatic rings. The van der Waals surface area contributed by atoms with Gasteiger partial charge in [-0.25, -0.2) is 13.2 Å². The third-order valence-electron chi connectivity index (χ3n) is 2.73. The summed E-state index contributed by atoms with van der Waals surface area (Å²) in [7, 11) is 0. The molecule has 22 heavy (non-hydrogen) atoms. The molecule has 0 bridgehead atoms. The molecule has 7 heteroatoms. The van der Waals surface area contributed by atoms with Crippen LogP contribution in [-0.2, 0) is 0 Å². The van der Waals surface area contributed by atoms with Crippen LogP contribution in [-0.4, -0.2) is 16.9 Å². The third kappa shape index (κ3) is 3.55. The molecule has 1 aromatic heterocycles. The van der Waals surface area contributed by atoms with E-state index in [4.69, 9.17) is 0 Å². The number of benzene rings is 1. The van der Waals surface area contributed by atoms with Crippen molar-refractivity contribution < 1.29 is 18.0 Å². The normalized spacial score (nSPS) is 10.6. The van der Waals surface area contributed by atoms with Gasteiger partial charge in [-0.05, 0) is 38.1 Å². The molecule has 2 N–H and O–H groups in total. The number of carbonyl (C=O) groups is 1. The highest BCUT2D eigenvalue weighted by Crippen LogP contribution is 2.23. The van der Waals surface area contributed by atoms with Crippen LogP contribution in [0.5, 0.6) is 0 Å². The Morgan fingerprint density at radius 3 is 2.55 bits per heavy atom. The second-order valence-corrected chi connectivity index (χ2v) is 4.91. The summed E-state index contributed by atoms with van der Waals surface area (Å²) in [6.07, 6.45) is 1.36. The van der Waals surface area contributed by atoms with Crippen molar-refractivity contribution in [1.29, 1.82) is 0 Å². The van der Waals surface area contributed by atoms with Crippen molar-refractivity contribution in [2.75, 3.05) is 5.32 Å². The zero-order valence-corrected chi connectivity index (χ0v) is 12.0. The highest BCUT2D eigenvalue weighted by molar-refractivity contribution is 5.93. The van der Waals surface area contributed by atoms with Gasteiger partial charge >= 0.3 is 0 Å². The van der Waals surface area contributed by atoms with E-state index in [0.29, 0.717) is 5.69 Å². The first-order valence-electron chi connectivity index (χ1n) is 6.56. The van der Waals surface area contributed by atoms with E-state index < -0.39 is 17.5 Å². The number of aromatic nitrogens is 1. The van der Waals surface area contributed by atoms with Crippen LogP contribution in [0.3, 0.4) is 0 Å². The minimum atomic E-state index is -1.56. The maximum atomic E-state index is 13.6. The number of pyridine rings is 1. The lowest BCUT2D eigenvalue weighted by Crippen LogP contribution is -2.30. The number of anilines is 2. The summed E-state index contributed by atoms with van der Waals surface area (Å²) in [6.45, 7) is 3.60. The molecule has 0 spiro atoms. The van der Waals surface area contributed by atoms with Crippen LogP contribution in [0, 0.1) is 17.5 Å². The van der Waals surface area contributed by atoms with E-state index in [1.807, 2.05) is 0 Å². The van der Waals surface area contributed by atoms with Crippen molar-refractivity contribution >= 4 is 17.3 Å². The summed E-state index contributed by atoms with van der Waals surface area (Å²) < 4.78 is 39.7. The summed E-state index contributed by atoms with van der Waals surface area (Å²) in [5, 5.41) is 5.25. The van der Waals surface area contributed by atoms with Gasteiger partial charge in [0.05, 0.1) is 5.69 Å². The van der Waals surface area contributed by atoms with Crippen LogP contribution in [0.15, 0.2) is 30.5 Å². The summed E-state index contributed by atoms with van der Waals surface area (Å²) in [4.78, 5) is 15.7. The molecule has 0 saturated heterocycles. The van der Waals surface area contributed by atoms with Gasteiger partial charge in [-0.3, -0.25) is 9.78 Å². The molecular weight excluding hydrogens is 295 g/mol. The topological polar surface area (TPSA) is 54.0 Å². The average molecular weight is 309 g/mol. The van der Waals surface area contributed by atoms with Crippen molar-refractivity contribution in [1.82, 2.24) is 10.3 Å². The SMILES string of the molecule is CC(C)NC(=O)c1cc(Nc2ccc(F)c(F)c2F)ccn1. The fraction of sp³-hybridized carbons (Fsp3) is 0.200. The van der Waals surface area contributed by atoms with Crippen LogP contribution >= 0.6 is 0 Å². The van der Waals surface area contributed by atoms with Crippen molar-refractivity contribution in [2.45, 2.75) is 19.9 Å². The van der Waals surface area contributed by atoms with Crippen molar-refractivity contribution in [3.63, 3.8) is 0 Å². The first-order chi connectivity index (χ1) is 10.4. The van der Waals surface area contributed by atoms with Gasteiger partial charge in [-0.15, -0.1) is 0 Å². The Bertz CT molecular complexity index is 704. The van der Waals surface area contributed by atoms with E-state index in [0.717, 1.165) is 12.1 Å². The smallest absolute Gasteiger partial charge is 0.270 e. The largest absolute Gasteiger partial charge is 0.353 e. The Morgan fingerprint density at radius 1 is 1.14 bits per heavy atom. The number of hydrogen-bond donors (Lipinski definition) is 2. The van der Waals surface area contributed by atoms with E-state index in [1.165, 1.54) is 18.3 Å². The number of nitrogens with one attached hydrogen (secondary N) is 2. The second kappa shape index (κ2) is 6.46. The van der Waals surface area contributed by atoms with Gasteiger partial charge in [0.2, 0.25) is 0 Å². The summed E-state index contributed by atoms with van der Waals surface area (Å²) in [5.41, 5.74) is 0.218. The molecule has 4 nitrogen and oxygen atoms in total. The van der Waals surface area contributed by atoms with Gasteiger partial charge < -0.3 is 10.6 Å². The number of rotatable bonds is 4. The second-order valence-electron chi connectivity index (χ2n) is 4.91. The lowest BCUT2D eigenvalue weighted by Gasteiger charge is -2.11. The highest BCUT2D eigenvalue weighted by atomic mass is 19.2. The Hall–Kier alpha value is -2.57. The van der Waals surface area contributed by atoms with Gasteiger partial charge in [-0.1, -0.05) is 0 Å². The Morgan fingerprint density at radius 2 is 1.86 bits per heavy atom. The molecule has 1 aromatic carbocycles. The van der Waals surface area contributed by atoms with Crippen molar-refractivity contribution in [3.05, 3.63) is 53.6 Å². The Kier molecular flexibility index (Phi) is 4.65. The molecule has 0 saturated carbocycles. The lowest BCUT2D eigenvalue weighted by atomic mass is 10.2. The Balaban J connectivity index is 2.24. The monoisotopic (exact) mass is 309 g/mol. The van der Waals surface area contributed by atoms with Crippen LogP contribution in [0.25, 0.3) is 0 Å². The molecule has 116 valence electrons. The van der Waals surface area contributed by atoms with Crippen molar-refractivity contribution in [2.24, 2.45) is 0 Å². The van der Waals surface area contributed by atoms with Crippen LogP contribution in [0.1, 0.15) is 24.3 Å². The number of carbonyl (C=O) groups excluding carboxylic acids is 1. The quantitative estimate of drug-likeness (QED) is 0.851. The number of nitrogens with zero attached hydrogens (tertiary/aromatic N) is 1. The summed E-state index contributed by atoms with van der Waals surface area (Å²) in [5.74, 6) is -4.54. The first-order valence-corrected chi connectivity index (χ1v) is 6.56. The minimum absolute atomic E-state index is 0.0606. The number of hydrogen-bond acceptors (Lipinski definition) is 3. The standard InChI is InChI=1S/C15H14F3N3O/c1-8(2)20-15(22)12-7-9(5-6-19-12)21-11-4-3-10(16)13(17)14(11)18/h3-8H,1-2H3,(H,19,21)(H,20,22). The predicted molar refractivity (Wildman–Crippen MR) is 76.4 cm³/mol. The lowest BCUT2D eigenvalue weighted by molar-refractivity contribution is 0.0938. The van der Waals surface area contributed by atoms with Crippen molar-refractivity contribution in [3.8, 4) is 0 Å². The molecule has 0 fully saturated rings. The molecule has 0 aliphatic heterocycles. The van der Waals surface area contributed by atoms with Gasteiger partial charge in [-0.2, -0.15) is 0 Å². The fourth-order valence-electron chi connectivity index (χ4n) is 1.75. The molecule has 2 rings (SSSR count). The van der Waals surface area contributed by atoms with E-state index in [-0.39, 0.29) is 23.3 Å². The fourth-order valence-corrected chi connectivity index (χ4v) is 1.75. The van der Waals surface area contributed by atoms with E-state index in [1.54, 1.807) is 13.8 Å². The predicted octanol–water partition coefficient (Wildman–Crippen LogP) is 3.38. The highest BCUT2D eigenvalue weighted by Gasteiger charge is 2.14. The molecule has 1 heterocycles. The number of amides is 1. The third-order valence-corrected chi connectivity index (χ3v) is 2.73. The molecule has 0 unspecified atom stereocenters. The number of halogens is 3. The van der Waals surface area contributed by atoms with Gasteiger partial charge in [0.15, 0.2) is 17.5 Å². The first kappa shape index (κ1) is 15.8. The molecular formula is C15H14F3N3O. The van der Waals surface area contributed by atoms with E-state index in [2.05, 4.69) is 15.6 Å².